The monoisotopic (exact) mass is 520 g/mol. The maximum atomic E-state index is 13.5. The highest BCUT2D eigenvalue weighted by molar-refractivity contribution is 5.94. The molecule has 0 bridgehead atoms. The highest BCUT2D eigenvalue weighted by Gasteiger charge is 2.35. The molecule has 3 atom stereocenters. The lowest BCUT2D eigenvalue weighted by atomic mass is 9.92. The van der Waals surface area contributed by atoms with E-state index in [1.165, 1.54) is 0 Å². The summed E-state index contributed by atoms with van der Waals surface area (Å²) >= 11 is 0. The second-order valence-electron chi connectivity index (χ2n) is 10.5. The van der Waals surface area contributed by atoms with Crippen molar-refractivity contribution in [1.82, 2.24) is 19.6 Å². The van der Waals surface area contributed by atoms with Gasteiger partial charge < -0.3 is 15.1 Å². The lowest BCUT2D eigenvalue weighted by Gasteiger charge is -2.47. The van der Waals surface area contributed by atoms with Crippen molar-refractivity contribution in [3.63, 3.8) is 0 Å². The van der Waals surface area contributed by atoms with E-state index >= 15 is 0 Å². The van der Waals surface area contributed by atoms with Crippen LogP contribution in [0.5, 0.6) is 5.75 Å². The van der Waals surface area contributed by atoms with Crippen molar-refractivity contribution in [2.45, 2.75) is 38.4 Å². The third-order valence-corrected chi connectivity index (χ3v) is 7.80. The fourth-order valence-corrected chi connectivity index (χ4v) is 5.73. The van der Waals surface area contributed by atoms with Gasteiger partial charge in [0.05, 0.1) is 12.5 Å². The summed E-state index contributed by atoms with van der Waals surface area (Å²) in [6, 6.07) is 15.8. The van der Waals surface area contributed by atoms with E-state index in [9.17, 15) is 14.7 Å². The first-order valence-electron chi connectivity index (χ1n) is 13.5. The Morgan fingerprint density at radius 1 is 1.00 bits per heavy atom. The Morgan fingerprint density at radius 2 is 1.68 bits per heavy atom. The van der Waals surface area contributed by atoms with Crippen LogP contribution in [0.4, 0.5) is 0 Å². The number of carbonyl (C=O) groups is 2. The van der Waals surface area contributed by atoms with Crippen molar-refractivity contribution in [3.8, 4) is 5.75 Å². The highest BCUT2D eigenvalue weighted by atomic mass is 16.4. The minimum absolute atomic E-state index is 0.00314. The lowest BCUT2D eigenvalue weighted by Crippen LogP contribution is -2.57. The average Bonchev–Trinajstić information content (AvgIpc) is 2.90. The van der Waals surface area contributed by atoms with Crippen molar-refractivity contribution in [1.29, 1.82) is 0 Å². The molecule has 2 aliphatic rings. The number of nitrogens with zero attached hydrogens (tertiary/aromatic N) is 4. The summed E-state index contributed by atoms with van der Waals surface area (Å²) < 4.78 is 0. The Hall–Kier alpha value is -3.20. The molecule has 0 aliphatic carbocycles. The molecular formula is C30H40N4O4. The van der Waals surface area contributed by atoms with Crippen LogP contribution < -0.4 is 0 Å². The predicted octanol–water partition coefficient (Wildman–Crippen LogP) is 3.29. The second kappa shape index (κ2) is 12.6. The number of aliphatic carboxylic acids is 1. The Labute approximate surface area is 225 Å². The van der Waals surface area contributed by atoms with E-state index in [2.05, 4.69) is 41.2 Å². The third-order valence-electron chi connectivity index (χ3n) is 7.80. The molecule has 2 aromatic rings. The summed E-state index contributed by atoms with van der Waals surface area (Å²) in [7, 11) is 0. The lowest BCUT2D eigenvalue weighted by molar-refractivity contribution is -0.137. The first-order chi connectivity index (χ1) is 18.3. The molecule has 2 N–H and O–H groups in total. The highest BCUT2D eigenvalue weighted by Crippen LogP contribution is 2.35. The molecule has 0 radical (unpaired) electrons. The average molecular weight is 521 g/mol. The predicted molar refractivity (Wildman–Crippen MR) is 148 cm³/mol. The van der Waals surface area contributed by atoms with Gasteiger partial charge in [-0.05, 0) is 49.2 Å². The number of carbonyl (C=O) groups excluding carboxylic acids is 1. The van der Waals surface area contributed by atoms with Gasteiger partial charge in [0.2, 0.25) is 0 Å². The van der Waals surface area contributed by atoms with Gasteiger partial charge in [-0.1, -0.05) is 30.3 Å². The number of benzene rings is 2. The molecule has 0 spiro atoms. The zero-order chi connectivity index (χ0) is 27.2. The SMILES string of the molecule is C=CCN1C[C@H](C)N(C(c2cccc(O)c2)c2cccc(C(=O)N3CCN(CCC(=O)O)CC3)c2)C[C@H]1C. The molecule has 2 fully saturated rings. The minimum atomic E-state index is -0.799. The number of hydrogen-bond donors (Lipinski definition) is 2. The number of carboxylic acid groups (broad SMARTS) is 1. The van der Waals surface area contributed by atoms with Crippen molar-refractivity contribution in [2.75, 3.05) is 52.4 Å². The van der Waals surface area contributed by atoms with Gasteiger partial charge in [0.1, 0.15) is 5.75 Å². The topological polar surface area (TPSA) is 87.6 Å². The maximum absolute atomic E-state index is 13.5. The van der Waals surface area contributed by atoms with Crippen molar-refractivity contribution in [3.05, 3.63) is 77.9 Å². The molecule has 38 heavy (non-hydrogen) atoms. The molecule has 2 aromatic carbocycles. The Balaban J connectivity index is 1.57. The molecule has 2 saturated heterocycles. The van der Waals surface area contributed by atoms with Crippen LogP contribution in [0.25, 0.3) is 0 Å². The normalized spacial score (nSPS) is 22.2. The molecule has 2 heterocycles. The van der Waals surface area contributed by atoms with E-state index in [4.69, 9.17) is 5.11 Å². The molecule has 4 rings (SSSR count). The van der Waals surface area contributed by atoms with Crippen LogP contribution in [-0.4, -0.2) is 106 Å². The van der Waals surface area contributed by atoms with Crippen molar-refractivity contribution in [2.24, 2.45) is 0 Å². The van der Waals surface area contributed by atoms with Gasteiger partial charge in [-0.3, -0.25) is 24.3 Å². The summed E-state index contributed by atoms with van der Waals surface area (Å²) in [5, 5.41) is 19.3. The van der Waals surface area contributed by atoms with Crippen LogP contribution in [0.1, 0.15) is 47.8 Å². The summed E-state index contributed by atoms with van der Waals surface area (Å²) in [5.74, 6) is -0.574. The van der Waals surface area contributed by atoms with Gasteiger partial charge in [-0.25, -0.2) is 0 Å². The van der Waals surface area contributed by atoms with Crippen LogP contribution >= 0.6 is 0 Å². The zero-order valence-corrected chi connectivity index (χ0v) is 22.5. The molecule has 8 heteroatoms. The Kier molecular flexibility index (Phi) is 9.20. The number of phenolic OH excluding ortho intramolecular Hbond substituents is 1. The van der Waals surface area contributed by atoms with Crippen LogP contribution in [0.2, 0.25) is 0 Å². The number of piperazine rings is 2. The van der Waals surface area contributed by atoms with Gasteiger partial charge in [0.15, 0.2) is 0 Å². The Bertz CT molecular complexity index is 1130. The number of aromatic hydroxyl groups is 1. The van der Waals surface area contributed by atoms with E-state index in [0.717, 1.165) is 30.8 Å². The smallest absolute Gasteiger partial charge is 0.304 e. The minimum Gasteiger partial charge on any atom is -0.508 e. The van der Waals surface area contributed by atoms with Crippen LogP contribution in [0, 0.1) is 0 Å². The first kappa shape index (κ1) is 27.8. The molecule has 204 valence electrons. The van der Waals surface area contributed by atoms with E-state index in [1.54, 1.807) is 6.07 Å². The largest absolute Gasteiger partial charge is 0.508 e. The number of phenols is 1. The molecule has 1 unspecified atom stereocenters. The number of rotatable bonds is 9. The van der Waals surface area contributed by atoms with Gasteiger partial charge in [-0.2, -0.15) is 0 Å². The van der Waals surface area contributed by atoms with E-state index < -0.39 is 5.97 Å². The summed E-state index contributed by atoms with van der Waals surface area (Å²) in [5.41, 5.74) is 2.67. The molecule has 0 aromatic heterocycles. The van der Waals surface area contributed by atoms with E-state index in [-0.39, 0.29) is 30.2 Å². The standard InChI is InChI=1S/C30H40N4O4/c1-4-12-33-20-23(3)34(21-22(33)2)29(25-8-6-10-27(35)19-25)24-7-5-9-26(18-24)30(38)32-16-14-31(15-17-32)13-11-28(36)37/h4-10,18-19,22-23,29,35H,1,11-17,20-21H2,2-3H3,(H,36,37)/t22-,23+,29?/m1/s1. The van der Waals surface area contributed by atoms with Gasteiger partial charge in [0, 0.05) is 70.0 Å². The van der Waals surface area contributed by atoms with Crippen molar-refractivity contribution < 1.29 is 19.8 Å². The molecular weight excluding hydrogens is 480 g/mol. The summed E-state index contributed by atoms with van der Waals surface area (Å²) in [6.45, 7) is 14.0. The zero-order valence-electron chi connectivity index (χ0n) is 22.5. The fraction of sp³-hybridized carbons (Fsp3) is 0.467. The van der Waals surface area contributed by atoms with Gasteiger partial charge >= 0.3 is 5.97 Å². The molecule has 1 amide bonds. The van der Waals surface area contributed by atoms with Crippen LogP contribution in [-0.2, 0) is 4.79 Å². The first-order valence-corrected chi connectivity index (χ1v) is 13.5. The van der Waals surface area contributed by atoms with Crippen LogP contribution in [0.15, 0.2) is 61.2 Å². The maximum Gasteiger partial charge on any atom is 0.304 e. The van der Waals surface area contributed by atoms with Crippen LogP contribution in [0.3, 0.4) is 0 Å². The summed E-state index contributed by atoms with van der Waals surface area (Å²) in [6.07, 6.45) is 2.07. The number of hydrogen-bond acceptors (Lipinski definition) is 6. The molecule has 2 aliphatic heterocycles. The number of amides is 1. The van der Waals surface area contributed by atoms with Crippen molar-refractivity contribution >= 4 is 11.9 Å². The molecule has 0 saturated carbocycles. The van der Waals surface area contributed by atoms with Gasteiger partial charge in [0.25, 0.3) is 5.91 Å². The number of carboxylic acids is 1. The van der Waals surface area contributed by atoms with Gasteiger partial charge in [-0.15, -0.1) is 6.58 Å². The second-order valence-corrected chi connectivity index (χ2v) is 10.5. The third kappa shape index (κ3) is 6.62. The Morgan fingerprint density at radius 3 is 2.34 bits per heavy atom. The summed E-state index contributed by atoms with van der Waals surface area (Å²) in [4.78, 5) is 33.2. The van der Waals surface area contributed by atoms with E-state index in [0.29, 0.717) is 44.3 Å². The fourth-order valence-electron chi connectivity index (χ4n) is 5.73. The molecule has 8 nitrogen and oxygen atoms in total. The quantitative estimate of drug-likeness (QED) is 0.491. The van der Waals surface area contributed by atoms with E-state index in [1.807, 2.05) is 47.4 Å².